The van der Waals surface area contributed by atoms with Gasteiger partial charge in [0.15, 0.2) is 0 Å². The molecule has 0 nitrogen and oxygen atoms in total. The van der Waals surface area contributed by atoms with E-state index in [9.17, 15) is 0 Å². The number of hydrogen-bond donors (Lipinski definition) is 0. The smallest absolute Gasteiger partial charge is 0.0164 e. The first-order chi connectivity index (χ1) is 11.9. The lowest BCUT2D eigenvalue weighted by atomic mass is 9.71. The molecule has 118 valence electrons. The van der Waals surface area contributed by atoms with Gasteiger partial charge in [-0.05, 0) is 23.1 Å². The van der Waals surface area contributed by atoms with Crippen LogP contribution in [0.3, 0.4) is 0 Å². The average Bonchev–Trinajstić information content (AvgIpc) is 3.35. The molecular formula is C24H22. The Kier molecular flexibility index (Phi) is 4.29. The van der Waals surface area contributed by atoms with Crippen LogP contribution in [0, 0.1) is 5.92 Å². The normalized spacial score (nSPS) is 18.8. The summed E-state index contributed by atoms with van der Waals surface area (Å²) in [5.41, 5.74) is 4.26. The fourth-order valence-electron chi connectivity index (χ4n) is 3.98. The molecular weight excluding hydrogens is 288 g/mol. The van der Waals surface area contributed by atoms with Crippen molar-refractivity contribution in [2.24, 2.45) is 5.92 Å². The van der Waals surface area contributed by atoms with E-state index in [1.165, 1.54) is 16.7 Å². The van der Waals surface area contributed by atoms with Crippen LogP contribution in [0.4, 0.5) is 0 Å². The van der Waals surface area contributed by atoms with Gasteiger partial charge in [0, 0.05) is 17.8 Å². The fraction of sp³-hybridized carbons (Fsp3) is 0.167. The van der Waals surface area contributed by atoms with Gasteiger partial charge in [0.05, 0.1) is 0 Å². The Hall–Kier alpha value is -2.60. The third kappa shape index (κ3) is 2.92. The molecule has 2 atom stereocenters. The monoisotopic (exact) mass is 310 g/mol. The van der Waals surface area contributed by atoms with Crippen molar-refractivity contribution < 1.29 is 0 Å². The molecule has 4 rings (SSSR count). The molecule has 0 heteroatoms. The van der Waals surface area contributed by atoms with Crippen LogP contribution >= 0.6 is 0 Å². The molecule has 0 bridgehead atoms. The Labute approximate surface area is 144 Å². The topological polar surface area (TPSA) is 0 Å². The average molecular weight is 310 g/mol. The third-order valence-electron chi connectivity index (χ3n) is 5.05. The first-order valence-corrected chi connectivity index (χ1v) is 8.75. The van der Waals surface area contributed by atoms with Crippen LogP contribution in [0.2, 0.25) is 0 Å². The molecule has 2 aromatic rings. The third-order valence-corrected chi connectivity index (χ3v) is 5.05. The maximum Gasteiger partial charge on any atom is 0.0164 e. The van der Waals surface area contributed by atoms with Crippen LogP contribution in [0.15, 0.2) is 109 Å². The molecule has 0 amide bonds. The lowest BCUT2D eigenvalue weighted by molar-refractivity contribution is 0.532. The van der Waals surface area contributed by atoms with Crippen molar-refractivity contribution in [2.75, 3.05) is 0 Å². The van der Waals surface area contributed by atoms with Gasteiger partial charge in [-0.15, -0.1) is 0 Å². The molecule has 24 heavy (non-hydrogen) atoms. The lowest BCUT2D eigenvalue weighted by Crippen LogP contribution is -2.19. The van der Waals surface area contributed by atoms with E-state index in [4.69, 9.17) is 0 Å². The van der Waals surface area contributed by atoms with Crippen LogP contribution < -0.4 is 0 Å². The molecule has 2 aliphatic rings. The van der Waals surface area contributed by atoms with E-state index in [2.05, 4.69) is 103 Å². The molecule has 0 radical (unpaired) electrons. The molecule has 0 aromatic heterocycles. The van der Waals surface area contributed by atoms with Gasteiger partial charge in [-0.2, -0.15) is 0 Å². The van der Waals surface area contributed by atoms with E-state index in [1.54, 1.807) is 0 Å². The van der Waals surface area contributed by atoms with Crippen molar-refractivity contribution in [2.45, 2.75) is 18.3 Å². The van der Waals surface area contributed by atoms with Gasteiger partial charge in [-0.3, -0.25) is 0 Å². The number of allylic oxidation sites excluding steroid dienone is 8. The maximum atomic E-state index is 2.38. The Morgan fingerprint density at radius 2 is 1.38 bits per heavy atom. The molecule has 0 aliphatic heterocycles. The summed E-state index contributed by atoms with van der Waals surface area (Å²) in [6.45, 7) is 0. The quantitative estimate of drug-likeness (QED) is 0.618. The van der Waals surface area contributed by atoms with E-state index >= 15 is 0 Å². The first kappa shape index (κ1) is 15.0. The van der Waals surface area contributed by atoms with E-state index in [0.29, 0.717) is 17.8 Å². The second-order valence-corrected chi connectivity index (χ2v) is 6.51. The van der Waals surface area contributed by atoms with Crippen molar-refractivity contribution in [1.29, 1.82) is 0 Å². The van der Waals surface area contributed by atoms with Gasteiger partial charge in [0.25, 0.3) is 0 Å². The first-order valence-electron chi connectivity index (χ1n) is 8.75. The van der Waals surface area contributed by atoms with E-state index in [-0.39, 0.29) is 0 Å². The molecule has 0 saturated carbocycles. The molecule has 0 N–H and O–H groups in total. The Morgan fingerprint density at radius 3 is 1.96 bits per heavy atom. The standard InChI is InChI=1S/C24H22/c1-3-11-19(12-4-1)23(21-15-7-8-16-21)24(22-17-9-10-18-22)20-13-5-2-6-14-20/h1-9,11-18,21,23-24H,10H2. The van der Waals surface area contributed by atoms with Gasteiger partial charge in [0.2, 0.25) is 0 Å². The van der Waals surface area contributed by atoms with Gasteiger partial charge < -0.3 is 0 Å². The Morgan fingerprint density at radius 1 is 0.750 bits per heavy atom. The minimum absolute atomic E-state index is 0.379. The van der Waals surface area contributed by atoms with Gasteiger partial charge >= 0.3 is 0 Å². The predicted molar refractivity (Wildman–Crippen MR) is 102 cm³/mol. The van der Waals surface area contributed by atoms with Crippen molar-refractivity contribution in [1.82, 2.24) is 0 Å². The van der Waals surface area contributed by atoms with E-state index < -0.39 is 0 Å². The summed E-state index contributed by atoms with van der Waals surface area (Å²) in [5.74, 6) is 1.23. The van der Waals surface area contributed by atoms with Crippen molar-refractivity contribution in [3.05, 3.63) is 120 Å². The number of benzene rings is 2. The van der Waals surface area contributed by atoms with Gasteiger partial charge in [0.1, 0.15) is 0 Å². The van der Waals surface area contributed by atoms with Gasteiger partial charge in [-0.25, -0.2) is 0 Å². The zero-order chi connectivity index (χ0) is 16.2. The summed E-state index contributed by atoms with van der Waals surface area (Å²) in [7, 11) is 0. The lowest BCUT2D eigenvalue weighted by Gasteiger charge is -2.32. The summed E-state index contributed by atoms with van der Waals surface area (Å²) >= 11 is 0. The van der Waals surface area contributed by atoms with E-state index in [1.807, 2.05) is 0 Å². The molecule has 2 unspecified atom stereocenters. The summed E-state index contributed by atoms with van der Waals surface area (Å²) in [5, 5.41) is 0. The summed E-state index contributed by atoms with van der Waals surface area (Å²) < 4.78 is 0. The molecule has 0 heterocycles. The van der Waals surface area contributed by atoms with Crippen molar-refractivity contribution >= 4 is 0 Å². The Bertz CT molecular complexity index is 778. The molecule has 0 fully saturated rings. The van der Waals surface area contributed by atoms with Crippen molar-refractivity contribution in [3.8, 4) is 0 Å². The summed E-state index contributed by atoms with van der Waals surface area (Å²) in [6, 6.07) is 21.9. The zero-order valence-corrected chi connectivity index (χ0v) is 13.8. The molecule has 0 spiro atoms. The SMILES string of the molecule is C1=CC(C(c2ccccc2)C(C2=CCC=C2)c2ccccc2)C=C1. The highest BCUT2D eigenvalue weighted by Crippen LogP contribution is 2.46. The van der Waals surface area contributed by atoms with Crippen LogP contribution in [0.5, 0.6) is 0 Å². The number of rotatable bonds is 5. The second-order valence-electron chi connectivity index (χ2n) is 6.51. The predicted octanol–water partition coefficient (Wildman–Crippen LogP) is 6.18. The highest BCUT2D eigenvalue weighted by Gasteiger charge is 2.32. The fourth-order valence-corrected chi connectivity index (χ4v) is 3.98. The second kappa shape index (κ2) is 6.88. The van der Waals surface area contributed by atoms with Crippen LogP contribution in [-0.2, 0) is 0 Å². The largest absolute Gasteiger partial charge is 0.0804 e. The number of hydrogen-bond acceptors (Lipinski definition) is 0. The molecule has 2 aliphatic carbocycles. The highest BCUT2D eigenvalue weighted by atomic mass is 14.4. The van der Waals surface area contributed by atoms with Crippen LogP contribution in [0.1, 0.15) is 29.4 Å². The Balaban J connectivity index is 1.84. The highest BCUT2D eigenvalue weighted by molar-refractivity contribution is 5.45. The van der Waals surface area contributed by atoms with Crippen molar-refractivity contribution in [3.63, 3.8) is 0 Å². The maximum absolute atomic E-state index is 2.38. The van der Waals surface area contributed by atoms with Gasteiger partial charge in [-0.1, -0.05) is 103 Å². The summed E-state index contributed by atoms with van der Waals surface area (Å²) in [6.07, 6.45) is 17.1. The minimum Gasteiger partial charge on any atom is -0.0804 e. The zero-order valence-electron chi connectivity index (χ0n) is 13.8. The van der Waals surface area contributed by atoms with Crippen LogP contribution in [-0.4, -0.2) is 0 Å². The minimum atomic E-state index is 0.379. The molecule has 0 saturated heterocycles. The molecule has 2 aromatic carbocycles. The van der Waals surface area contributed by atoms with E-state index in [0.717, 1.165) is 6.42 Å². The summed E-state index contributed by atoms with van der Waals surface area (Å²) in [4.78, 5) is 0. The van der Waals surface area contributed by atoms with Crippen LogP contribution in [0.25, 0.3) is 0 Å².